The first-order valence-corrected chi connectivity index (χ1v) is 10.8. The summed E-state index contributed by atoms with van der Waals surface area (Å²) in [5, 5.41) is 3.67. The summed E-state index contributed by atoms with van der Waals surface area (Å²) in [4.78, 5) is 4.39. The number of anilines is 1. The predicted octanol–water partition coefficient (Wildman–Crippen LogP) is 4.74. The van der Waals surface area contributed by atoms with Crippen LogP contribution in [0.2, 0.25) is 5.02 Å². The lowest BCUT2D eigenvalue weighted by atomic mass is 10.2. The van der Waals surface area contributed by atoms with Crippen LogP contribution in [0.25, 0.3) is 11.5 Å². The minimum absolute atomic E-state index is 0.0318. The van der Waals surface area contributed by atoms with E-state index in [-0.39, 0.29) is 17.2 Å². The minimum Gasteiger partial charge on any atom is -0.493 e. The third-order valence-electron chi connectivity index (χ3n) is 4.38. The van der Waals surface area contributed by atoms with Crippen LogP contribution < -0.4 is 20.2 Å². The molecule has 10 heteroatoms. The Morgan fingerprint density at radius 2 is 1.73 bits per heavy atom. The molecule has 30 heavy (non-hydrogen) atoms. The second-order valence-corrected chi connectivity index (χ2v) is 8.61. The Balaban J connectivity index is 2.02. The van der Waals surface area contributed by atoms with Crippen molar-refractivity contribution in [2.24, 2.45) is 0 Å². The van der Waals surface area contributed by atoms with Crippen LogP contribution >= 0.6 is 19.2 Å². The molecule has 0 fully saturated rings. The molecule has 0 spiro atoms. The Hall–Kier alpha value is -2.51. The molecule has 3 aromatic rings. The fourth-order valence-electron chi connectivity index (χ4n) is 2.77. The van der Waals surface area contributed by atoms with Crippen LogP contribution in [-0.2, 0) is 20.2 Å². The topological polar surface area (TPSA) is 92.1 Å². The number of benzene rings is 2. The SMILES string of the molecule is COc1ccc(-c2nc(P(=O)(OC)OC)c(NCc3ccccc3Cl)o2)cc1OC. The van der Waals surface area contributed by atoms with Crippen molar-refractivity contribution >= 4 is 30.5 Å². The molecule has 3 rings (SSSR count). The first-order valence-electron chi connectivity index (χ1n) is 8.88. The van der Waals surface area contributed by atoms with E-state index in [4.69, 9.17) is 34.5 Å². The van der Waals surface area contributed by atoms with Gasteiger partial charge >= 0.3 is 7.60 Å². The van der Waals surface area contributed by atoms with E-state index in [1.807, 2.05) is 18.2 Å². The number of ether oxygens (including phenoxy) is 2. The zero-order chi connectivity index (χ0) is 21.7. The summed E-state index contributed by atoms with van der Waals surface area (Å²) in [5.74, 6) is 1.43. The highest BCUT2D eigenvalue weighted by molar-refractivity contribution is 7.62. The Morgan fingerprint density at radius 1 is 1.03 bits per heavy atom. The molecule has 160 valence electrons. The highest BCUT2D eigenvalue weighted by Crippen LogP contribution is 2.48. The number of rotatable bonds is 9. The van der Waals surface area contributed by atoms with Gasteiger partial charge in [-0.25, -0.2) is 0 Å². The summed E-state index contributed by atoms with van der Waals surface area (Å²) < 4.78 is 39.8. The van der Waals surface area contributed by atoms with Crippen molar-refractivity contribution in [2.45, 2.75) is 6.54 Å². The molecule has 0 aliphatic carbocycles. The van der Waals surface area contributed by atoms with E-state index < -0.39 is 7.60 Å². The van der Waals surface area contributed by atoms with Gasteiger partial charge in [-0.1, -0.05) is 29.8 Å². The average molecular weight is 453 g/mol. The molecule has 1 heterocycles. The van der Waals surface area contributed by atoms with Gasteiger partial charge in [-0.05, 0) is 29.8 Å². The van der Waals surface area contributed by atoms with E-state index in [0.717, 1.165) is 5.56 Å². The van der Waals surface area contributed by atoms with Gasteiger partial charge in [0, 0.05) is 31.4 Å². The molecule has 0 amide bonds. The fourth-order valence-corrected chi connectivity index (χ4v) is 4.05. The van der Waals surface area contributed by atoms with Crippen LogP contribution in [0.3, 0.4) is 0 Å². The normalized spacial score (nSPS) is 11.4. The van der Waals surface area contributed by atoms with Crippen molar-refractivity contribution in [3.8, 4) is 23.0 Å². The zero-order valence-electron chi connectivity index (χ0n) is 17.0. The molecule has 0 aliphatic rings. The van der Waals surface area contributed by atoms with Gasteiger partial charge in [0.05, 0.1) is 14.2 Å². The summed E-state index contributed by atoms with van der Waals surface area (Å²) in [7, 11) is 1.95. The number of halogens is 1. The second-order valence-electron chi connectivity index (χ2n) is 6.05. The predicted molar refractivity (Wildman–Crippen MR) is 115 cm³/mol. The standard InChI is InChI=1S/C20H22ClN2O6P/c1-25-16-10-9-13(11-17(16)26-2)18-23-20(30(24,27-3)28-4)19(29-18)22-12-14-7-5-6-8-15(14)21/h5-11,22H,12H2,1-4H3. The molecule has 0 atom stereocenters. The lowest BCUT2D eigenvalue weighted by molar-refractivity contribution is 0.286. The summed E-state index contributed by atoms with van der Waals surface area (Å²) in [6, 6.07) is 12.5. The lowest BCUT2D eigenvalue weighted by Crippen LogP contribution is -2.15. The monoisotopic (exact) mass is 452 g/mol. The molecule has 2 aromatic carbocycles. The van der Waals surface area contributed by atoms with Crippen molar-refractivity contribution in [1.82, 2.24) is 4.98 Å². The van der Waals surface area contributed by atoms with Gasteiger partial charge in [-0.15, -0.1) is 0 Å². The second kappa shape index (κ2) is 9.53. The van der Waals surface area contributed by atoms with Gasteiger partial charge < -0.3 is 28.3 Å². The van der Waals surface area contributed by atoms with Crippen LogP contribution in [0.15, 0.2) is 46.9 Å². The van der Waals surface area contributed by atoms with Crippen molar-refractivity contribution in [1.29, 1.82) is 0 Å². The largest absolute Gasteiger partial charge is 0.493 e. The van der Waals surface area contributed by atoms with Crippen LogP contribution in [0.5, 0.6) is 11.5 Å². The van der Waals surface area contributed by atoms with E-state index in [1.54, 1.807) is 31.4 Å². The molecular formula is C20H22ClN2O6P. The van der Waals surface area contributed by atoms with Gasteiger partial charge in [-0.2, -0.15) is 4.98 Å². The number of aromatic nitrogens is 1. The molecule has 0 radical (unpaired) electrons. The van der Waals surface area contributed by atoms with Crippen LogP contribution in [0, 0.1) is 0 Å². The van der Waals surface area contributed by atoms with Crippen molar-refractivity contribution in [3.05, 3.63) is 53.1 Å². The third kappa shape index (κ3) is 4.47. The van der Waals surface area contributed by atoms with Gasteiger partial charge in [0.15, 0.2) is 11.5 Å². The number of oxazole rings is 1. The van der Waals surface area contributed by atoms with E-state index in [1.165, 1.54) is 21.3 Å². The minimum atomic E-state index is -3.69. The molecule has 8 nitrogen and oxygen atoms in total. The first-order chi connectivity index (χ1) is 14.5. The summed E-state index contributed by atoms with van der Waals surface area (Å²) in [6.45, 7) is 0.320. The maximum atomic E-state index is 13.0. The highest BCUT2D eigenvalue weighted by Gasteiger charge is 2.34. The maximum absolute atomic E-state index is 13.0. The number of methoxy groups -OCH3 is 2. The van der Waals surface area contributed by atoms with Crippen LogP contribution in [0.1, 0.15) is 5.56 Å². The first kappa shape index (κ1) is 22.2. The number of nitrogens with zero attached hydrogens (tertiary/aromatic N) is 1. The Bertz CT molecular complexity index is 1060. The molecular weight excluding hydrogens is 431 g/mol. The highest BCUT2D eigenvalue weighted by atomic mass is 35.5. The number of nitrogens with one attached hydrogen (secondary N) is 1. The van der Waals surface area contributed by atoms with Gasteiger partial charge in [-0.3, -0.25) is 4.57 Å². The van der Waals surface area contributed by atoms with Crippen molar-refractivity contribution in [3.63, 3.8) is 0 Å². The molecule has 0 bridgehead atoms. The van der Waals surface area contributed by atoms with Crippen LogP contribution in [0.4, 0.5) is 5.88 Å². The summed E-state index contributed by atoms with van der Waals surface area (Å²) in [5.41, 5.74) is 1.46. The Kier molecular flexibility index (Phi) is 7.05. The van der Waals surface area contributed by atoms with E-state index in [9.17, 15) is 4.57 Å². The molecule has 1 aromatic heterocycles. The van der Waals surface area contributed by atoms with E-state index in [2.05, 4.69) is 10.3 Å². The van der Waals surface area contributed by atoms with Crippen molar-refractivity contribution in [2.75, 3.05) is 33.8 Å². The summed E-state index contributed by atoms with van der Waals surface area (Å²) >= 11 is 6.22. The summed E-state index contributed by atoms with van der Waals surface area (Å²) in [6.07, 6.45) is 0. The Morgan fingerprint density at radius 3 is 2.37 bits per heavy atom. The maximum Gasteiger partial charge on any atom is 0.384 e. The number of hydrogen-bond acceptors (Lipinski definition) is 8. The van der Waals surface area contributed by atoms with E-state index >= 15 is 0 Å². The molecule has 0 saturated heterocycles. The molecule has 0 unspecified atom stereocenters. The van der Waals surface area contributed by atoms with Gasteiger partial charge in [0.1, 0.15) is 0 Å². The molecule has 0 aliphatic heterocycles. The third-order valence-corrected chi connectivity index (χ3v) is 6.53. The fraction of sp³-hybridized carbons (Fsp3) is 0.250. The lowest BCUT2D eigenvalue weighted by Gasteiger charge is -2.12. The molecule has 0 saturated carbocycles. The van der Waals surface area contributed by atoms with Crippen LogP contribution in [-0.4, -0.2) is 33.4 Å². The average Bonchev–Trinajstić information content (AvgIpc) is 3.22. The number of hydrogen-bond donors (Lipinski definition) is 1. The van der Waals surface area contributed by atoms with E-state index in [0.29, 0.717) is 28.6 Å². The van der Waals surface area contributed by atoms with Gasteiger partial charge in [0.25, 0.3) is 0 Å². The van der Waals surface area contributed by atoms with Gasteiger partial charge in [0.2, 0.25) is 17.2 Å². The van der Waals surface area contributed by atoms with Crippen molar-refractivity contribution < 1.29 is 27.5 Å². The zero-order valence-corrected chi connectivity index (χ0v) is 18.6. The smallest absolute Gasteiger partial charge is 0.384 e. The quantitative estimate of drug-likeness (QED) is 0.466. The Labute approximate surface area is 179 Å². The molecule has 1 N–H and O–H groups in total.